The van der Waals surface area contributed by atoms with E-state index in [-0.39, 0.29) is 12.3 Å². The second-order valence-electron chi connectivity index (χ2n) is 3.97. The normalized spacial score (nSPS) is 19.6. The van der Waals surface area contributed by atoms with Crippen LogP contribution < -0.4 is 5.32 Å². The predicted molar refractivity (Wildman–Crippen MR) is 68.4 cm³/mol. The SMILES string of the molecule is CCOC1COCCN1C(=O)Nc1ccccc1. The van der Waals surface area contributed by atoms with Gasteiger partial charge < -0.3 is 14.8 Å². The molecular weight excluding hydrogens is 232 g/mol. The van der Waals surface area contributed by atoms with Crippen LogP contribution in [0.4, 0.5) is 10.5 Å². The predicted octanol–water partition coefficient (Wildman–Crippen LogP) is 1.91. The molecule has 5 heteroatoms. The Balaban J connectivity index is 1.98. The lowest BCUT2D eigenvalue weighted by atomic mass is 10.3. The van der Waals surface area contributed by atoms with Crippen LogP contribution in [0.1, 0.15) is 6.92 Å². The number of para-hydroxylation sites is 1. The molecule has 1 N–H and O–H groups in total. The van der Waals surface area contributed by atoms with Crippen LogP contribution in [0.3, 0.4) is 0 Å². The number of carbonyl (C=O) groups is 1. The number of urea groups is 1. The van der Waals surface area contributed by atoms with Gasteiger partial charge in [0.05, 0.1) is 13.2 Å². The first-order chi connectivity index (χ1) is 8.81. The van der Waals surface area contributed by atoms with Gasteiger partial charge in [-0.05, 0) is 19.1 Å². The highest BCUT2D eigenvalue weighted by Gasteiger charge is 2.27. The molecule has 0 aliphatic carbocycles. The number of rotatable bonds is 3. The number of hydrogen-bond acceptors (Lipinski definition) is 3. The number of anilines is 1. The highest BCUT2D eigenvalue weighted by Crippen LogP contribution is 2.12. The lowest BCUT2D eigenvalue weighted by Gasteiger charge is -2.34. The van der Waals surface area contributed by atoms with E-state index in [0.29, 0.717) is 26.4 Å². The molecule has 2 rings (SSSR count). The van der Waals surface area contributed by atoms with Crippen LogP contribution in [0.15, 0.2) is 30.3 Å². The number of morpholine rings is 1. The van der Waals surface area contributed by atoms with E-state index >= 15 is 0 Å². The van der Waals surface area contributed by atoms with E-state index in [1.807, 2.05) is 37.3 Å². The monoisotopic (exact) mass is 250 g/mol. The average molecular weight is 250 g/mol. The molecule has 98 valence electrons. The maximum absolute atomic E-state index is 12.1. The summed E-state index contributed by atoms with van der Waals surface area (Å²) in [6.45, 7) is 3.98. The Morgan fingerprint density at radius 3 is 3.00 bits per heavy atom. The lowest BCUT2D eigenvalue weighted by Crippen LogP contribution is -2.51. The largest absolute Gasteiger partial charge is 0.375 e. The maximum atomic E-state index is 12.1. The van der Waals surface area contributed by atoms with Gasteiger partial charge in [0.25, 0.3) is 0 Å². The van der Waals surface area contributed by atoms with Crippen molar-refractivity contribution in [3.63, 3.8) is 0 Å². The maximum Gasteiger partial charge on any atom is 0.324 e. The van der Waals surface area contributed by atoms with Crippen molar-refractivity contribution in [1.82, 2.24) is 4.90 Å². The summed E-state index contributed by atoms with van der Waals surface area (Å²) in [5.41, 5.74) is 0.782. The van der Waals surface area contributed by atoms with Gasteiger partial charge in [-0.15, -0.1) is 0 Å². The van der Waals surface area contributed by atoms with Crippen LogP contribution >= 0.6 is 0 Å². The highest BCUT2D eigenvalue weighted by atomic mass is 16.5. The first kappa shape index (κ1) is 12.9. The number of amides is 2. The number of nitrogens with one attached hydrogen (secondary N) is 1. The first-order valence-corrected chi connectivity index (χ1v) is 6.13. The van der Waals surface area contributed by atoms with Gasteiger partial charge in [-0.1, -0.05) is 18.2 Å². The van der Waals surface area contributed by atoms with Crippen LogP contribution in [0.2, 0.25) is 0 Å². The molecule has 1 aliphatic heterocycles. The Bertz CT molecular complexity index is 381. The molecular formula is C13H18N2O3. The molecule has 1 aromatic rings. The van der Waals surface area contributed by atoms with Gasteiger partial charge in [0.15, 0.2) is 6.23 Å². The third-order valence-electron chi connectivity index (χ3n) is 2.73. The molecule has 1 unspecified atom stereocenters. The summed E-state index contributed by atoms with van der Waals surface area (Å²) in [4.78, 5) is 13.8. The molecule has 1 aromatic carbocycles. The highest BCUT2D eigenvalue weighted by molar-refractivity contribution is 5.89. The van der Waals surface area contributed by atoms with Crippen LogP contribution in [-0.2, 0) is 9.47 Å². The smallest absolute Gasteiger partial charge is 0.324 e. The minimum absolute atomic E-state index is 0.150. The standard InChI is InChI=1S/C13H18N2O3/c1-2-18-12-10-17-9-8-15(12)13(16)14-11-6-4-3-5-7-11/h3-7,12H,2,8-10H2,1H3,(H,14,16). The third-order valence-corrected chi connectivity index (χ3v) is 2.73. The quantitative estimate of drug-likeness (QED) is 0.891. The molecule has 0 radical (unpaired) electrons. The molecule has 1 saturated heterocycles. The van der Waals surface area contributed by atoms with E-state index in [4.69, 9.17) is 9.47 Å². The topological polar surface area (TPSA) is 50.8 Å². The van der Waals surface area contributed by atoms with Gasteiger partial charge >= 0.3 is 6.03 Å². The van der Waals surface area contributed by atoms with Gasteiger partial charge in [0, 0.05) is 18.8 Å². The third kappa shape index (κ3) is 3.21. The number of ether oxygens (including phenoxy) is 2. The van der Waals surface area contributed by atoms with Crippen molar-refractivity contribution >= 4 is 11.7 Å². The minimum Gasteiger partial charge on any atom is -0.375 e. The van der Waals surface area contributed by atoms with Crippen molar-refractivity contribution in [2.45, 2.75) is 13.2 Å². The van der Waals surface area contributed by atoms with E-state index in [1.165, 1.54) is 0 Å². The van der Waals surface area contributed by atoms with Gasteiger partial charge in [-0.2, -0.15) is 0 Å². The fraction of sp³-hybridized carbons (Fsp3) is 0.462. The van der Waals surface area contributed by atoms with Crippen LogP contribution in [0.25, 0.3) is 0 Å². The van der Waals surface area contributed by atoms with Crippen molar-refractivity contribution in [2.24, 2.45) is 0 Å². The zero-order valence-electron chi connectivity index (χ0n) is 10.5. The second kappa shape index (κ2) is 6.37. The summed E-state index contributed by atoms with van der Waals surface area (Å²) in [6.07, 6.45) is -0.299. The Kier molecular flexibility index (Phi) is 4.55. The van der Waals surface area contributed by atoms with Gasteiger partial charge in [-0.3, -0.25) is 4.90 Å². The summed E-state index contributed by atoms with van der Waals surface area (Å²) >= 11 is 0. The molecule has 2 amide bonds. The Morgan fingerprint density at radius 1 is 1.50 bits per heavy atom. The van der Waals surface area contributed by atoms with Gasteiger partial charge in [-0.25, -0.2) is 4.79 Å². The molecule has 1 atom stereocenters. The summed E-state index contributed by atoms with van der Waals surface area (Å²) in [5.74, 6) is 0. The summed E-state index contributed by atoms with van der Waals surface area (Å²) in [6, 6.07) is 9.24. The van der Waals surface area contributed by atoms with Gasteiger partial charge in [0.1, 0.15) is 0 Å². The van der Waals surface area contributed by atoms with Crippen LogP contribution in [0, 0.1) is 0 Å². The molecule has 0 spiro atoms. The fourth-order valence-electron chi connectivity index (χ4n) is 1.86. The Labute approximate surface area is 107 Å². The van der Waals surface area contributed by atoms with Crippen LogP contribution in [-0.4, -0.2) is 43.5 Å². The summed E-state index contributed by atoms with van der Waals surface area (Å²) in [7, 11) is 0. The molecule has 1 fully saturated rings. The Morgan fingerprint density at radius 2 is 2.28 bits per heavy atom. The van der Waals surface area contributed by atoms with Crippen molar-refractivity contribution < 1.29 is 14.3 Å². The molecule has 1 aliphatic rings. The zero-order chi connectivity index (χ0) is 12.8. The number of nitrogens with zero attached hydrogens (tertiary/aromatic N) is 1. The molecule has 0 aromatic heterocycles. The van der Waals surface area contributed by atoms with E-state index < -0.39 is 0 Å². The number of benzene rings is 1. The van der Waals surface area contributed by atoms with Crippen LogP contribution in [0.5, 0.6) is 0 Å². The molecule has 0 saturated carbocycles. The van der Waals surface area contributed by atoms with Crippen molar-refractivity contribution in [3.8, 4) is 0 Å². The zero-order valence-corrected chi connectivity index (χ0v) is 10.5. The van der Waals surface area contributed by atoms with E-state index in [2.05, 4.69) is 5.32 Å². The number of hydrogen-bond donors (Lipinski definition) is 1. The second-order valence-corrected chi connectivity index (χ2v) is 3.97. The lowest BCUT2D eigenvalue weighted by molar-refractivity contribution is -0.114. The molecule has 0 bridgehead atoms. The molecule has 5 nitrogen and oxygen atoms in total. The fourth-order valence-corrected chi connectivity index (χ4v) is 1.86. The average Bonchev–Trinajstić information content (AvgIpc) is 2.41. The summed E-state index contributed by atoms with van der Waals surface area (Å²) in [5, 5.41) is 2.85. The Hall–Kier alpha value is -1.59. The number of carbonyl (C=O) groups excluding carboxylic acids is 1. The molecule has 1 heterocycles. The van der Waals surface area contributed by atoms with Gasteiger partial charge in [0.2, 0.25) is 0 Å². The van der Waals surface area contributed by atoms with E-state index in [0.717, 1.165) is 5.69 Å². The first-order valence-electron chi connectivity index (χ1n) is 6.13. The van der Waals surface area contributed by atoms with Crippen molar-refractivity contribution in [2.75, 3.05) is 31.7 Å². The van der Waals surface area contributed by atoms with E-state index in [1.54, 1.807) is 4.90 Å². The van der Waals surface area contributed by atoms with Crippen molar-refractivity contribution in [3.05, 3.63) is 30.3 Å². The summed E-state index contributed by atoms with van der Waals surface area (Å²) < 4.78 is 10.8. The molecule has 18 heavy (non-hydrogen) atoms. The minimum atomic E-state index is -0.299. The van der Waals surface area contributed by atoms with E-state index in [9.17, 15) is 4.79 Å². The van der Waals surface area contributed by atoms with Crippen molar-refractivity contribution in [1.29, 1.82) is 0 Å².